The van der Waals surface area contributed by atoms with Gasteiger partial charge in [0, 0.05) is 0 Å². The second kappa shape index (κ2) is 11.3. The number of hydrogen-bond acceptors (Lipinski definition) is 0. The molecule has 7 unspecified atom stereocenters. The molecule has 0 aliphatic heterocycles. The van der Waals surface area contributed by atoms with Crippen LogP contribution in [-0.4, -0.2) is 4.21 Å². The molecule has 5 aliphatic carbocycles. The maximum atomic E-state index is 6.50. The second-order valence-electron chi connectivity index (χ2n) is 14.2. The molecule has 0 nitrogen and oxygen atoms in total. The van der Waals surface area contributed by atoms with Crippen molar-refractivity contribution in [3.63, 3.8) is 0 Å². The van der Waals surface area contributed by atoms with E-state index in [0.29, 0.717) is 17.8 Å². The molecule has 0 N–H and O–H groups in total. The van der Waals surface area contributed by atoms with Crippen molar-refractivity contribution >= 4 is 43.9 Å². The van der Waals surface area contributed by atoms with Crippen LogP contribution in [0, 0.1) is 29.1 Å². The molecule has 2 aromatic rings. The Labute approximate surface area is 269 Å². The fourth-order valence-corrected chi connectivity index (χ4v) is 23.6. The summed E-state index contributed by atoms with van der Waals surface area (Å²) in [5.41, 5.74) is 7.15. The van der Waals surface area contributed by atoms with Crippen LogP contribution in [0.3, 0.4) is 0 Å². The van der Waals surface area contributed by atoms with Gasteiger partial charge < -0.3 is 0 Å². The van der Waals surface area contributed by atoms with Crippen LogP contribution < -0.4 is 3.27 Å². The van der Waals surface area contributed by atoms with E-state index >= 15 is 0 Å². The predicted molar refractivity (Wildman–Crippen MR) is 179 cm³/mol. The van der Waals surface area contributed by atoms with Gasteiger partial charge in [0.05, 0.1) is 0 Å². The molecule has 0 aromatic heterocycles. The Morgan fingerprint density at radius 2 is 1.61 bits per heavy atom. The van der Waals surface area contributed by atoms with E-state index in [1.54, 1.807) is 14.4 Å². The van der Waals surface area contributed by atoms with Gasteiger partial charge in [-0.3, -0.25) is 0 Å². The standard InChI is InChI=1S/C25H33.C6H4Cl.C5H5.CH2.2ClH.Zr/c1-15-13-21-19-11-7-8-12-20(19)24-18-10-6-5-9-17(18)14-22(24)23(21)16(2)25(15,3)4;7-6-4-2-1-3-5-6;1-2-4-5-3-1;;;;/h5-6,9-10,15,19-21,24H,7-8,11-14H2,1-4H3;2-5H;1-3H,4H2;1H2;2*1H;. The van der Waals surface area contributed by atoms with Gasteiger partial charge in [-0.05, 0) is 0 Å². The van der Waals surface area contributed by atoms with E-state index in [4.69, 9.17) is 15.8 Å². The Kier molecular flexibility index (Phi) is 8.76. The molecule has 0 heterocycles. The van der Waals surface area contributed by atoms with Crippen LogP contribution in [0.2, 0.25) is 8.15 Å². The van der Waals surface area contributed by atoms with Crippen molar-refractivity contribution in [1.29, 1.82) is 0 Å². The summed E-state index contributed by atoms with van der Waals surface area (Å²) in [6, 6.07) is 18.5. The predicted octanol–water partition coefficient (Wildman–Crippen LogP) is 10.6. The van der Waals surface area contributed by atoms with Crippen molar-refractivity contribution in [1.82, 2.24) is 0 Å². The second-order valence-corrected chi connectivity index (χ2v) is 24.6. The molecule has 2 fully saturated rings. The third-order valence-corrected chi connectivity index (χ3v) is 26.4. The first-order chi connectivity index (χ1) is 18.7. The summed E-state index contributed by atoms with van der Waals surface area (Å²) in [6.45, 7) is 10.6. The molecule has 0 spiro atoms. The van der Waals surface area contributed by atoms with Crippen molar-refractivity contribution < 1.29 is 19.8 Å². The zero-order valence-corrected chi connectivity index (χ0v) is 29.9. The fourth-order valence-electron chi connectivity index (χ4n) is 10.4. The quantitative estimate of drug-likeness (QED) is 0.282. The number of hydrogen-bond donors (Lipinski definition) is 0. The summed E-state index contributed by atoms with van der Waals surface area (Å²) in [4.78, 5) is 0. The molecular weight excluding hydrogens is 642 g/mol. The van der Waals surface area contributed by atoms with Crippen LogP contribution >= 0.6 is 36.4 Å². The molecule has 2 saturated carbocycles. The Hall–Kier alpha value is -0.717. The molecule has 41 heavy (non-hydrogen) atoms. The Morgan fingerprint density at radius 3 is 2.29 bits per heavy atom. The van der Waals surface area contributed by atoms with Crippen LogP contribution in [0.4, 0.5) is 0 Å². The number of benzene rings is 2. The van der Waals surface area contributed by atoms with Crippen LogP contribution in [0.5, 0.6) is 0 Å². The van der Waals surface area contributed by atoms with E-state index in [2.05, 4.69) is 94.5 Å². The molecular formula is C37H46Cl3Zr. The van der Waals surface area contributed by atoms with Crippen LogP contribution in [0.25, 0.3) is 0 Å². The Balaban J connectivity index is 0.00000169. The van der Waals surface area contributed by atoms with Gasteiger partial charge in [0.15, 0.2) is 0 Å². The first-order valence-electron chi connectivity index (χ1n) is 15.5. The van der Waals surface area contributed by atoms with Crippen molar-refractivity contribution in [3.8, 4) is 0 Å². The number of halogens is 3. The zero-order valence-electron chi connectivity index (χ0n) is 25.1. The third-order valence-electron chi connectivity index (χ3n) is 12.9. The van der Waals surface area contributed by atoms with Crippen molar-refractivity contribution in [2.75, 3.05) is 0 Å². The van der Waals surface area contributed by atoms with E-state index in [0.717, 1.165) is 29.7 Å². The van der Waals surface area contributed by atoms with Gasteiger partial charge in [0.2, 0.25) is 0 Å². The monoisotopic (exact) mass is 685 g/mol. The van der Waals surface area contributed by atoms with E-state index in [-0.39, 0.29) is 33.4 Å². The molecule has 0 saturated heterocycles. The third kappa shape index (κ3) is 4.33. The van der Waals surface area contributed by atoms with Gasteiger partial charge in [0.1, 0.15) is 0 Å². The maximum absolute atomic E-state index is 6.50. The summed E-state index contributed by atoms with van der Waals surface area (Å²) in [5.74, 6) is 3.64. The van der Waals surface area contributed by atoms with Crippen LogP contribution in [0.15, 0.2) is 81.2 Å². The van der Waals surface area contributed by atoms with E-state index < -0.39 is 19.8 Å². The first kappa shape index (κ1) is 31.7. The normalized spacial score (nSPS) is 34.2. The first-order valence-corrected chi connectivity index (χ1v) is 21.3. The van der Waals surface area contributed by atoms with Crippen molar-refractivity contribution in [2.24, 2.45) is 29.1 Å². The average molecular weight is 688 g/mol. The molecule has 0 bridgehead atoms. The average Bonchev–Trinajstić information content (AvgIpc) is 3.61. The van der Waals surface area contributed by atoms with Gasteiger partial charge in [-0.1, -0.05) is 0 Å². The Morgan fingerprint density at radius 1 is 0.927 bits per heavy atom. The number of rotatable bonds is 3. The molecule has 0 radical (unpaired) electrons. The minimum absolute atomic E-state index is 0. The van der Waals surface area contributed by atoms with Gasteiger partial charge in [-0.25, -0.2) is 0 Å². The number of allylic oxidation sites excluding steroid dienone is 6. The van der Waals surface area contributed by atoms with E-state index in [9.17, 15) is 0 Å². The van der Waals surface area contributed by atoms with Gasteiger partial charge in [-0.2, -0.15) is 0 Å². The molecule has 2 aromatic carbocycles. The topological polar surface area (TPSA) is 0 Å². The summed E-state index contributed by atoms with van der Waals surface area (Å²) < 4.78 is 8.83. The summed E-state index contributed by atoms with van der Waals surface area (Å²) in [5, 5.41) is 0.835. The van der Waals surface area contributed by atoms with Crippen molar-refractivity contribution in [2.45, 2.75) is 81.7 Å². The van der Waals surface area contributed by atoms with Gasteiger partial charge >= 0.3 is 247 Å². The van der Waals surface area contributed by atoms with Gasteiger partial charge in [0.25, 0.3) is 0 Å². The van der Waals surface area contributed by atoms with E-state index in [1.165, 1.54) is 35.4 Å². The summed E-state index contributed by atoms with van der Waals surface area (Å²) >= 11 is 2.89. The summed E-state index contributed by atoms with van der Waals surface area (Å²) in [6.07, 6.45) is 16.4. The minimum atomic E-state index is -3.61. The molecule has 0 amide bonds. The zero-order chi connectivity index (χ0) is 27.2. The molecule has 7 atom stereocenters. The summed E-state index contributed by atoms with van der Waals surface area (Å²) in [7, 11) is 0. The molecule has 4 heteroatoms. The molecule has 5 aliphatic rings. The molecule has 219 valence electrons. The van der Waals surface area contributed by atoms with Crippen LogP contribution in [-0.2, 0) is 26.2 Å². The van der Waals surface area contributed by atoms with Crippen LogP contribution in [0.1, 0.15) is 83.3 Å². The fraction of sp³-hybridized carbons (Fsp3) is 0.486. The Bertz CT molecular complexity index is 1460. The SMILES string of the molecule is Cl.Cl.[CH2]=[Zr]([C]1=CC=CC1)([c]1ccc(Cl)cc1)[C]1(C)C2=C3Cc4ccccc4C3C3CCCCC3C2CC(C)C1(C)C. The van der Waals surface area contributed by atoms with Crippen molar-refractivity contribution in [3.05, 3.63) is 97.3 Å². The molecule has 7 rings (SSSR count). The van der Waals surface area contributed by atoms with Gasteiger partial charge in [-0.15, -0.1) is 24.8 Å². The number of fused-ring (bicyclic) bond motifs is 7. The van der Waals surface area contributed by atoms with E-state index in [1.807, 2.05) is 11.1 Å².